The van der Waals surface area contributed by atoms with E-state index < -0.39 is 52.8 Å². The maximum atomic E-state index is 7.14. The first-order valence-corrected chi connectivity index (χ1v) is 25.0. The molecule has 0 amide bonds. The standard InChI is InChI=1S/C20H50O6Si6/c1-11-27-21-29(13-3,14-4)25-31(17-7,18-8)23-28(12-2)24-32(19-9,20-10)26-30(15-5,16-6)22-27/h11-20H2,1-10H3. The summed E-state index contributed by atoms with van der Waals surface area (Å²) in [6, 6.07) is 9.16. The van der Waals surface area contributed by atoms with Crippen molar-refractivity contribution in [3.63, 3.8) is 0 Å². The van der Waals surface area contributed by atoms with Gasteiger partial charge in [-0.15, -0.1) is 0 Å². The molecule has 12 heteroatoms. The Kier molecular flexibility index (Phi) is 13.6. The Balaban J connectivity index is 3.62. The van der Waals surface area contributed by atoms with Gasteiger partial charge in [-0.3, -0.25) is 0 Å². The zero-order valence-corrected chi connectivity index (χ0v) is 28.5. The summed E-state index contributed by atoms with van der Waals surface area (Å²) in [4.78, 5) is 0. The summed E-state index contributed by atoms with van der Waals surface area (Å²) in [5.41, 5.74) is 0. The summed E-state index contributed by atoms with van der Waals surface area (Å²) in [6.45, 7) is 22.1. The summed E-state index contributed by atoms with van der Waals surface area (Å²) in [7, 11) is -12.8. The van der Waals surface area contributed by atoms with Gasteiger partial charge in [-0.05, 0) is 60.4 Å². The summed E-state index contributed by atoms with van der Waals surface area (Å²) in [5, 5.41) is 0. The lowest BCUT2D eigenvalue weighted by atomic mass is 10.9. The summed E-state index contributed by atoms with van der Waals surface area (Å²) in [5.74, 6) is 0. The summed E-state index contributed by atoms with van der Waals surface area (Å²) < 4.78 is 42.2. The molecule has 0 N–H and O–H groups in total. The smallest absolute Gasteiger partial charge is 0.365 e. The van der Waals surface area contributed by atoms with Gasteiger partial charge in [0.25, 0.3) is 0 Å². The zero-order valence-electron chi connectivity index (χ0n) is 22.5. The van der Waals surface area contributed by atoms with Crippen LogP contribution in [0.5, 0.6) is 0 Å². The molecule has 1 aliphatic rings. The molecule has 0 atom stereocenters. The van der Waals surface area contributed by atoms with Crippen molar-refractivity contribution in [2.45, 2.75) is 130 Å². The average molecular weight is 555 g/mol. The van der Waals surface area contributed by atoms with Gasteiger partial charge in [0, 0.05) is 0 Å². The van der Waals surface area contributed by atoms with Crippen LogP contribution in [0.15, 0.2) is 0 Å². The topological polar surface area (TPSA) is 55.4 Å². The van der Waals surface area contributed by atoms with Crippen molar-refractivity contribution in [2.24, 2.45) is 0 Å². The van der Waals surface area contributed by atoms with E-state index in [4.69, 9.17) is 24.7 Å². The van der Waals surface area contributed by atoms with Crippen molar-refractivity contribution in [3.05, 3.63) is 0 Å². The first-order chi connectivity index (χ1) is 15.2. The molecule has 2 radical (unpaired) electrons. The SMILES string of the molecule is CC[Si]1O[Si](CC)(CC)O[Si](CC)(CC)O[Si](CC)O[Si](CC)(CC)O[Si](CC)(CC)O1. The molecule has 1 heterocycles. The molecule has 6 nitrogen and oxygen atoms in total. The van der Waals surface area contributed by atoms with E-state index >= 15 is 0 Å². The molecule has 0 bridgehead atoms. The van der Waals surface area contributed by atoms with Crippen LogP contribution in [0.2, 0.25) is 60.4 Å². The van der Waals surface area contributed by atoms with Crippen molar-refractivity contribution in [1.29, 1.82) is 0 Å². The predicted molar refractivity (Wildman–Crippen MR) is 146 cm³/mol. The van der Waals surface area contributed by atoms with Crippen LogP contribution in [0, 0.1) is 0 Å². The second-order valence-corrected chi connectivity index (χ2v) is 29.3. The second kappa shape index (κ2) is 14.0. The third-order valence-electron chi connectivity index (χ3n) is 6.83. The monoisotopic (exact) mass is 554 g/mol. The van der Waals surface area contributed by atoms with Gasteiger partial charge >= 0.3 is 52.8 Å². The Hall–Kier alpha value is 1.06. The van der Waals surface area contributed by atoms with Gasteiger partial charge in [-0.2, -0.15) is 0 Å². The largest absolute Gasteiger partial charge is 0.415 e. The van der Waals surface area contributed by atoms with Crippen LogP contribution in [0.3, 0.4) is 0 Å². The van der Waals surface area contributed by atoms with E-state index in [1.165, 1.54) is 0 Å². The highest BCUT2D eigenvalue weighted by molar-refractivity contribution is 6.90. The van der Waals surface area contributed by atoms with E-state index in [-0.39, 0.29) is 0 Å². The number of hydrogen-bond donors (Lipinski definition) is 0. The minimum Gasteiger partial charge on any atom is -0.415 e. The lowest BCUT2D eigenvalue weighted by Crippen LogP contribution is -2.63. The molecule has 1 saturated heterocycles. The van der Waals surface area contributed by atoms with Crippen LogP contribution >= 0.6 is 0 Å². The summed E-state index contributed by atoms with van der Waals surface area (Å²) in [6.07, 6.45) is 0. The number of rotatable bonds is 10. The molecule has 0 aromatic rings. The molecule has 0 saturated carbocycles. The molecular formula is C20H50O6Si6. The minimum atomic E-state index is -2.45. The predicted octanol–water partition coefficient (Wildman–Crippen LogP) is 7.04. The normalized spacial score (nSPS) is 24.6. The molecule has 1 aliphatic heterocycles. The molecular weight excluding hydrogens is 505 g/mol. The van der Waals surface area contributed by atoms with Crippen LogP contribution in [-0.4, -0.2) is 52.8 Å². The van der Waals surface area contributed by atoms with Gasteiger partial charge in [0.05, 0.1) is 0 Å². The first kappa shape index (κ1) is 31.1. The van der Waals surface area contributed by atoms with Gasteiger partial charge in [0.1, 0.15) is 0 Å². The van der Waals surface area contributed by atoms with Crippen molar-refractivity contribution >= 4 is 52.8 Å². The summed E-state index contributed by atoms with van der Waals surface area (Å²) >= 11 is 0. The molecule has 0 aromatic carbocycles. The fraction of sp³-hybridized carbons (Fsp3) is 1.00. The van der Waals surface area contributed by atoms with Crippen molar-refractivity contribution < 1.29 is 24.7 Å². The van der Waals surface area contributed by atoms with E-state index in [9.17, 15) is 0 Å². The van der Waals surface area contributed by atoms with Crippen molar-refractivity contribution in [2.75, 3.05) is 0 Å². The van der Waals surface area contributed by atoms with Gasteiger partial charge in [0.2, 0.25) is 0 Å². The third kappa shape index (κ3) is 7.53. The van der Waals surface area contributed by atoms with E-state index in [2.05, 4.69) is 69.2 Å². The average Bonchev–Trinajstić information content (AvgIpc) is 2.84. The third-order valence-corrected chi connectivity index (χ3v) is 32.2. The van der Waals surface area contributed by atoms with Crippen molar-refractivity contribution in [1.82, 2.24) is 0 Å². The lowest BCUT2D eigenvalue weighted by molar-refractivity contribution is 0.234. The van der Waals surface area contributed by atoms with E-state index in [1.54, 1.807) is 0 Å². The molecule has 32 heavy (non-hydrogen) atoms. The quantitative estimate of drug-likeness (QED) is 0.270. The van der Waals surface area contributed by atoms with Crippen LogP contribution < -0.4 is 0 Å². The maximum absolute atomic E-state index is 7.14. The van der Waals surface area contributed by atoms with Gasteiger partial charge in [0.15, 0.2) is 0 Å². The second-order valence-electron chi connectivity index (χ2n) is 8.53. The highest BCUT2D eigenvalue weighted by Crippen LogP contribution is 2.36. The molecule has 0 unspecified atom stereocenters. The Morgan fingerprint density at radius 3 is 0.688 bits per heavy atom. The lowest BCUT2D eigenvalue weighted by Gasteiger charge is -2.47. The Bertz CT molecular complexity index is 441. The van der Waals surface area contributed by atoms with Crippen LogP contribution in [0.25, 0.3) is 0 Å². The number of hydrogen-bond acceptors (Lipinski definition) is 6. The van der Waals surface area contributed by atoms with Crippen LogP contribution in [-0.2, 0) is 24.7 Å². The minimum absolute atomic E-state index is 0.895. The molecule has 1 fully saturated rings. The molecule has 0 aliphatic carbocycles. The van der Waals surface area contributed by atoms with Crippen LogP contribution in [0.4, 0.5) is 0 Å². The molecule has 1 rings (SSSR count). The zero-order chi connectivity index (χ0) is 24.5. The Morgan fingerprint density at radius 2 is 0.562 bits per heavy atom. The highest BCUT2D eigenvalue weighted by Gasteiger charge is 2.53. The van der Waals surface area contributed by atoms with E-state index in [1.807, 2.05) is 0 Å². The fourth-order valence-electron chi connectivity index (χ4n) is 4.08. The molecule has 190 valence electrons. The maximum Gasteiger partial charge on any atom is 0.365 e. The highest BCUT2D eigenvalue weighted by atomic mass is 28.5. The van der Waals surface area contributed by atoms with Gasteiger partial charge in [-0.25, -0.2) is 0 Å². The molecule has 0 spiro atoms. The van der Waals surface area contributed by atoms with E-state index in [0.29, 0.717) is 0 Å². The van der Waals surface area contributed by atoms with Crippen molar-refractivity contribution in [3.8, 4) is 0 Å². The molecule has 0 aromatic heterocycles. The van der Waals surface area contributed by atoms with E-state index in [0.717, 1.165) is 60.4 Å². The fourth-order valence-corrected chi connectivity index (χ4v) is 32.9. The van der Waals surface area contributed by atoms with Gasteiger partial charge < -0.3 is 24.7 Å². The van der Waals surface area contributed by atoms with Gasteiger partial charge in [-0.1, -0.05) is 69.2 Å². The van der Waals surface area contributed by atoms with Crippen LogP contribution in [0.1, 0.15) is 69.2 Å². The first-order valence-electron chi connectivity index (χ1n) is 13.1. The Labute approximate surface area is 206 Å². The Morgan fingerprint density at radius 1 is 0.375 bits per heavy atom.